The second-order valence-electron chi connectivity index (χ2n) is 6.02. The van der Waals surface area contributed by atoms with Gasteiger partial charge in [-0.15, -0.1) is 0 Å². The zero-order valence-electron chi connectivity index (χ0n) is 15.6. The Morgan fingerprint density at radius 1 is 1.07 bits per heavy atom. The number of nitrogens with zero attached hydrogens (tertiary/aromatic N) is 2. The minimum absolute atomic E-state index is 0.0333. The molecule has 3 aromatic rings. The van der Waals surface area contributed by atoms with Crippen LogP contribution >= 0.6 is 0 Å². The number of methoxy groups -OCH3 is 1. The van der Waals surface area contributed by atoms with Crippen molar-refractivity contribution in [2.24, 2.45) is 0 Å². The number of ether oxygens (including phenoxy) is 1. The summed E-state index contributed by atoms with van der Waals surface area (Å²) in [6.07, 6.45) is 1.50. The Bertz CT molecular complexity index is 1000. The van der Waals surface area contributed by atoms with E-state index in [1.165, 1.54) is 19.2 Å². The molecule has 1 aromatic heterocycles. The van der Waals surface area contributed by atoms with E-state index in [0.717, 1.165) is 5.56 Å². The summed E-state index contributed by atoms with van der Waals surface area (Å²) in [5, 5.41) is 5.84. The predicted molar refractivity (Wildman–Crippen MR) is 106 cm³/mol. The van der Waals surface area contributed by atoms with Gasteiger partial charge in [-0.3, -0.25) is 9.59 Å². The molecule has 0 aliphatic rings. The van der Waals surface area contributed by atoms with Gasteiger partial charge in [-0.1, -0.05) is 30.3 Å². The Labute approximate surface area is 162 Å². The average molecular weight is 376 g/mol. The van der Waals surface area contributed by atoms with Crippen molar-refractivity contribution in [3.05, 3.63) is 77.6 Å². The van der Waals surface area contributed by atoms with Crippen LogP contribution < -0.4 is 15.4 Å². The van der Waals surface area contributed by atoms with Gasteiger partial charge in [-0.2, -0.15) is 0 Å². The number of hydrogen-bond acceptors (Lipinski definition) is 6. The molecule has 7 nitrogen and oxygen atoms in total. The molecule has 0 bridgehead atoms. The monoisotopic (exact) mass is 376 g/mol. The molecule has 0 aliphatic heterocycles. The quantitative estimate of drug-likeness (QED) is 0.614. The van der Waals surface area contributed by atoms with E-state index in [-0.39, 0.29) is 23.3 Å². The van der Waals surface area contributed by atoms with Crippen LogP contribution in [0.15, 0.2) is 60.8 Å². The van der Waals surface area contributed by atoms with Crippen LogP contribution in [0.1, 0.15) is 33.3 Å². The smallest absolute Gasteiger partial charge is 0.270 e. The first-order valence-corrected chi connectivity index (χ1v) is 8.68. The zero-order valence-corrected chi connectivity index (χ0v) is 15.6. The van der Waals surface area contributed by atoms with Gasteiger partial charge in [0, 0.05) is 29.6 Å². The van der Waals surface area contributed by atoms with Crippen molar-refractivity contribution < 1.29 is 14.3 Å². The number of para-hydroxylation sites is 1. The number of hydrogen-bond donors (Lipinski definition) is 2. The largest absolute Gasteiger partial charge is 0.496 e. The molecule has 28 heavy (non-hydrogen) atoms. The van der Waals surface area contributed by atoms with E-state index in [0.29, 0.717) is 23.5 Å². The fraction of sp³-hybridized carbons (Fsp3) is 0.143. The molecule has 142 valence electrons. The highest BCUT2D eigenvalue weighted by Crippen LogP contribution is 2.17. The molecular weight excluding hydrogens is 356 g/mol. The Morgan fingerprint density at radius 2 is 1.89 bits per heavy atom. The van der Waals surface area contributed by atoms with Gasteiger partial charge in [0.1, 0.15) is 11.4 Å². The molecule has 0 aliphatic carbocycles. The summed E-state index contributed by atoms with van der Waals surface area (Å²) >= 11 is 0. The molecule has 0 unspecified atom stereocenters. The van der Waals surface area contributed by atoms with Crippen molar-refractivity contribution in [1.29, 1.82) is 0 Å². The fourth-order valence-corrected chi connectivity index (χ4v) is 2.61. The number of nitrogens with one attached hydrogen (secondary N) is 2. The fourth-order valence-electron chi connectivity index (χ4n) is 2.61. The lowest BCUT2D eigenvalue weighted by Gasteiger charge is -2.10. The summed E-state index contributed by atoms with van der Waals surface area (Å²) in [6.45, 7) is 1.82. The van der Waals surface area contributed by atoms with Crippen LogP contribution in [0.25, 0.3) is 0 Å². The molecule has 3 rings (SSSR count). The number of amides is 1. The summed E-state index contributed by atoms with van der Waals surface area (Å²) in [6, 6.07) is 16.0. The van der Waals surface area contributed by atoms with Gasteiger partial charge < -0.3 is 15.4 Å². The second-order valence-corrected chi connectivity index (χ2v) is 6.02. The molecule has 0 saturated heterocycles. The van der Waals surface area contributed by atoms with Gasteiger partial charge >= 0.3 is 0 Å². The number of carbonyl (C=O) groups is 2. The third kappa shape index (κ3) is 4.70. The van der Waals surface area contributed by atoms with Crippen LogP contribution in [0.3, 0.4) is 0 Å². The zero-order chi connectivity index (χ0) is 19.9. The lowest BCUT2D eigenvalue weighted by atomic mass is 10.1. The lowest BCUT2D eigenvalue weighted by molar-refractivity contribution is 0.0944. The van der Waals surface area contributed by atoms with Crippen molar-refractivity contribution in [1.82, 2.24) is 15.3 Å². The molecule has 1 heterocycles. The first-order chi connectivity index (χ1) is 13.6. The highest BCUT2D eigenvalue weighted by Gasteiger charge is 2.11. The molecule has 1 amide bonds. The van der Waals surface area contributed by atoms with Gasteiger partial charge in [0.15, 0.2) is 5.78 Å². The van der Waals surface area contributed by atoms with Crippen LogP contribution in [0.4, 0.5) is 11.6 Å². The first kappa shape index (κ1) is 19.0. The van der Waals surface area contributed by atoms with Crippen LogP contribution in [-0.4, -0.2) is 28.8 Å². The minimum Gasteiger partial charge on any atom is -0.496 e. The topological polar surface area (TPSA) is 93.2 Å². The van der Waals surface area contributed by atoms with E-state index in [1.54, 1.807) is 31.4 Å². The maximum Gasteiger partial charge on any atom is 0.270 e. The number of ketones is 1. The van der Waals surface area contributed by atoms with Crippen molar-refractivity contribution in [2.75, 3.05) is 12.4 Å². The van der Waals surface area contributed by atoms with E-state index in [4.69, 9.17) is 4.74 Å². The summed E-state index contributed by atoms with van der Waals surface area (Å²) < 4.78 is 5.28. The van der Waals surface area contributed by atoms with Crippen LogP contribution in [0.2, 0.25) is 0 Å². The Hall–Kier alpha value is -3.74. The average Bonchev–Trinajstić information content (AvgIpc) is 2.72. The molecule has 7 heteroatoms. The highest BCUT2D eigenvalue weighted by atomic mass is 16.5. The van der Waals surface area contributed by atoms with Gasteiger partial charge in [-0.25, -0.2) is 9.97 Å². The third-order valence-electron chi connectivity index (χ3n) is 4.05. The van der Waals surface area contributed by atoms with Crippen molar-refractivity contribution in [3.63, 3.8) is 0 Å². The molecule has 0 radical (unpaired) electrons. The predicted octanol–water partition coefficient (Wildman–Crippen LogP) is 3.36. The van der Waals surface area contributed by atoms with Crippen LogP contribution in [0.5, 0.6) is 5.75 Å². The molecule has 0 spiro atoms. The lowest BCUT2D eigenvalue weighted by Crippen LogP contribution is -2.24. The van der Waals surface area contributed by atoms with Crippen molar-refractivity contribution >= 4 is 23.3 Å². The van der Waals surface area contributed by atoms with Gasteiger partial charge in [0.05, 0.1) is 7.11 Å². The summed E-state index contributed by atoms with van der Waals surface area (Å²) in [7, 11) is 1.59. The normalized spacial score (nSPS) is 10.2. The van der Waals surface area contributed by atoms with Crippen molar-refractivity contribution in [2.45, 2.75) is 13.5 Å². The van der Waals surface area contributed by atoms with E-state index in [9.17, 15) is 9.59 Å². The van der Waals surface area contributed by atoms with E-state index < -0.39 is 0 Å². The Morgan fingerprint density at radius 3 is 2.68 bits per heavy atom. The number of rotatable bonds is 7. The number of benzene rings is 2. The van der Waals surface area contributed by atoms with Crippen LogP contribution in [-0.2, 0) is 6.54 Å². The van der Waals surface area contributed by atoms with Crippen LogP contribution in [0, 0.1) is 0 Å². The highest BCUT2D eigenvalue weighted by molar-refractivity contribution is 5.95. The van der Waals surface area contributed by atoms with E-state index in [1.807, 2.05) is 24.3 Å². The number of aromatic nitrogens is 2. The van der Waals surface area contributed by atoms with Gasteiger partial charge in [-0.05, 0) is 31.2 Å². The SMILES string of the molecule is COc1ccccc1CNC(=O)c1ccnc(Nc2cccc(C(C)=O)c2)n1. The Kier molecular flexibility index (Phi) is 5.96. The van der Waals surface area contributed by atoms with Crippen molar-refractivity contribution in [3.8, 4) is 5.75 Å². The third-order valence-corrected chi connectivity index (χ3v) is 4.05. The minimum atomic E-state index is -0.325. The van der Waals surface area contributed by atoms with E-state index >= 15 is 0 Å². The molecule has 2 aromatic carbocycles. The number of Topliss-reactive ketones (excluding diaryl/α,β-unsaturated/α-hetero) is 1. The van der Waals surface area contributed by atoms with E-state index in [2.05, 4.69) is 20.6 Å². The maximum absolute atomic E-state index is 12.5. The summed E-state index contributed by atoms with van der Waals surface area (Å²) in [5.41, 5.74) is 2.34. The number of carbonyl (C=O) groups excluding carboxylic acids is 2. The first-order valence-electron chi connectivity index (χ1n) is 8.68. The molecule has 0 atom stereocenters. The second kappa shape index (κ2) is 8.77. The Balaban J connectivity index is 1.69. The molecule has 2 N–H and O–H groups in total. The molecule has 0 saturated carbocycles. The number of anilines is 2. The van der Waals surface area contributed by atoms with Gasteiger partial charge in [0.2, 0.25) is 5.95 Å². The van der Waals surface area contributed by atoms with Gasteiger partial charge in [0.25, 0.3) is 5.91 Å². The summed E-state index contributed by atoms with van der Waals surface area (Å²) in [4.78, 5) is 32.3. The molecule has 0 fully saturated rings. The summed E-state index contributed by atoms with van der Waals surface area (Å²) in [5.74, 6) is 0.617. The standard InChI is InChI=1S/C21H20N4O3/c1-14(26)15-7-5-8-17(12-15)24-21-22-11-10-18(25-21)20(27)23-13-16-6-3-4-9-19(16)28-2/h3-12H,13H2,1-2H3,(H,23,27)(H,22,24,25). The maximum atomic E-state index is 12.5. The molecular formula is C21H20N4O3.